The van der Waals surface area contributed by atoms with E-state index in [1.54, 1.807) is 7.11 Å². The Labute approximate surface area is 200 Å². The Morgan fingerprint density at radius 3 is 2.62 bits per heavy atom. The Bertz CT molecular complexity index is 1240. The predicted octanol–water partition coefficient (Wildman–Crippen LogP) is 3.57. The third kappa shape index (κ3) is 4.00. The minimum atomic E-state index is -0.0614. The van der Waals surface area contributed by atoms with Crippen molar-refractivity contribution in [3.63, 3.8) is 0 Å². The summed E-state index contributed by atoms with van der Waals surface area (Å²) in [5.41, 5.74) is 11.5. The van der Waals surface area contributed by atoms with Crippen LogP contribution in [0.5, 0.6) is 5.75 Å². The monoisotopic (exact) mass is 462 g/mol. The molecule has 0 spiro atoms. The van der Waals surface area contributed by atoms with Crippen LogP contribution in [0.3, 0.4) is 0 Å². The van der Waals surface area contributed by atoms with Gasteiger partial charge in [0.25, 0.3) is 5.91 Å². The molecular weight excluding hydrogens is 428 g/mol. The first-order chi connectivity index (χ1) is 16.4. The smallest absolute Gasteiger partial charge is 0.254 e. The van der Waals surface area contributed by atoms with Gasteiger partial charge in [0.15, 0.2) is 5.65 Å². The molecule has 2 aliphatic heterocycles. The summed E-state index contributed by atoms with van der Waals surface area (Å²) in [7, 11) is 1.66. The van der Waals surface area contributed by atoms with Gasteiger partial charge in [0, 0.05) is 49.1 Å². The van der Waals surface area contributed by atoms with Gasteiger partial charge in [0.1, 0.15) is 11.6 Å². The van der Waals surface area contributed by atoms with Gasteiger partial charge in [-0.1, -0.05) is 0 Å². The lowest BCUT2D eigenvalue weighted by atomic mass is 9.96. The highest BCUT2D eigenvalue weighted by atomic mass is 16.5. The number of methoxy groups -OCH3 is 1. The fraction of sp³-hybridized carbons (Fsp3) is 0.500. The summed E-state index contributed by atoms with van der Waals surface area (Å²) < 4.78 is 7.29. The minimum absolute atomic E-state index is 0.0564. The number of hydrogen-bond acceptors (Lipinski definition) is 6. The molecule has 1 unspecified atom stereocenters. The van der Waals surface area contributed by atoms with E-state index in [-0.39, 0.29) is 18.0 Å². The maximum atomic E-state index is 13.7. The van der Waals surface area contributed by atoms with Crippen molar-refractivity contribution in [1.82, 2.24) is 19.5 Å². The van der Waals surface area contributed by atoms with Crippen molar-refractivity contribution in [2.24, 2.45) is 5.73 Å². The number of anilines is 1. The molecule has 0 aliphatic carbocycles. The van der Waals surface area contributed by atoms with E-state index < -0.39 is 0 Å². The Kier molecular flexibility index (Phi) is 5.93. The number of fused-ring (bicyclic) bond motifs is 1. The Hall–Kier alpha value is -3.13. The zero-order chi connectivity index (χ0) is 24.0. The second kappa shape index (κ2) is 8.91. The first kappa shape index (κ1) is 22.7. The van der Waals surface area contributed by atoms with Gasteiger partial charge in [-0.15, -0.1) is 0 Å². The SMILES string of the molecule is COc1cc(C)c(C(=O)N2CCCCC2c2cc3nc(N4CC[C@H](N)C4)c(C)cn3n2)cc1C. The summed E-state index contributed by atoms with van der Waals surface area (Å²) in [6.07, 6.45) is 6.00. The van der Waals surface area contributed by atoms with Crippen LogP contribution in [-0.2, 0) is 0 Å². The predicted molar refractivity (Wildman–Crippen MR) is 133 cm³/mol. The van der Waals surface area contributed by atoms with E-state index in [0.717, 1.165) is 90.5 Å². The minimum Gasteiger partial charge on any atom is -0.496 e. The molecule has 3 aromatic rings. The van der Waals surface area contributed by atoms with Crippen molar-refractivity contribution < 1.29 is 9.53 Å². The van der Waals surface area contributed by atoms with Gasteiger partial charge in [0.05, 0.1) is 18.8 Å². The molecule has 8 heteroatoms. The second-order valence-electron chi connectivity index (χ2n) is 9.76. The zero-order valence-electron chi connectivity index (χ0n) is 20.5. The first-order valence-corrected chi connectivity index (χ1v) is 12.2. The highest BCUT2D eigenvalue weighted by Gasteiger charge is 2.32. The largest absolute Gasteiger partial charge is 0.496 e. The van der Waals surface area contributed by atoms with Crippen LogP contribution in [0.1, 0.15) is 64.5 Å². The van der Waals surface area contributed by atoms with E-state index in [9.17, 15) is 4.79 Å². The number of carbonyl (C=O) groups excluding carboxylic acids is 1. The normalized spacial score (nSPS) is 20.9. The first-order valence-electron chi connectivity index (χ1n) is 12.2. The number of piperidine rings is 1. The molecule has 1 amide bonds. The molecule has 0 saturated carbocycles. The molecule has 180 valence electrons. The van der Waals surface area contributed by atoms with Crippen molar-refractivity contribution in [3.05, 3.63) is 52.3 Å². The molecule has 2 saturated heterocycles. The van der Waals surface area contributed by atoms with Crippen molar-refractivity contribution in [2.75, 3.05) is 31.6 Å². The second-order valence-corrected chi connectivity index (χ2v) is 9.76. The van der Waals surface area contributed by atoms with Gasteiger partial charge in [0.2, 0.25) is 0 Å². The van der Waals surface area contributed by atoms with E-state index in [1.165, 1.54) is 0 Å². The number of rotatable bonds is 4. The average Bonchev–Trinajstić information content (AvgIpc) is 3.44. The lowest BCUT2D eigenvalue weighted by Gasteiger charge is -2.35. The zero-order valence-corrected chi connectivity index (χ0v) is 20.5. The molecule has 2 aliphatic rings. The lowest BCUT2D eigenvalue weighted by Crippen LogP contribution is -2.39. The number of ether oxygens (including phenoxy) is 1. The van der Waals surface area contributed by atoms with Crippen molar-refractivity contribution >= 4 is 17.4 Å². The Morgan fingerprint density at radius 1 is 1.06 bits per heavy atom. The highest BCUT2D eigenvalue weighted by Crippen LogP contribution is 2.34. The fourth-order valence-corrected chi connectivity index (χ4v) is 5.36. The third-order valence-corrected chi connectivity index (χ3v) is 7.23. The van der Waals surface area contributed by atoms with Crippen LogP contribution < -0.4 is 15.4 Å². The summed E-state index contributed by atoms with van der Waals surface area (Å²) >= 11 is 0. The van der Waals surface area contributed by atoms with Crippen LogP contribution in [0, 0.1) is 20.8 Å². The van der Waals surface area contributed by atoms with Crippen LogP contribution in [0.15, 0.2) is 24.4 Å². The number of benzene rings is 1. The number of carbonyl (C=O) groups is 1. The molecule has 2 aromatic heterocycles. The number of hydrogen-bond donors (Lipinski definition) is 1. The maximum Gasteiger partial charge on any atom is 0.254 e. The molecule has 4 heterocycles. The third-order valence-electron chi connectivity index (χ3n) is 7.23. The molecule has 2 fully saturated rings. The number of nitrogens with zero attached hydrogens (tertiary/aromatic N) is 5. The number of likely N-dealkylation sites (tertiary alicyclic amines) is 1. The van der Waals surface area contributed by atoms with Gasteiger partial charge in [-0.2, -0.15) is 5.10 Å². The molecule has 0 bridgehead atoms. The van der Waals surface area contributed by atoms with E-state index in [0.29, 0.717) is 0 Å². The lowest BCUT2D eigenvalue weighted by molar-refractivity contribution is 0.0605. The van der Waals surface area contributed by atoms with Crippen LogP contribution in [0.25, 0.3) is 5.65 Å². The molecule has 5 rings (SSSR count). The van der Waals surface area contributed by atoms with Gasteiger partial charge >= 0.3 is 0 Å². The number of aromatic nitrogens is 3. The molecule has 0 radical (unpaired) electrons. The quantitative estimate of drug-likeness (QED) is 0.638. The fourth-order valence-electron chi connectivity index (χ4n) is 5.36. The highest BCUT2D eigenvalue weighted by molar-refractivity contribution is 5.96. The van der Waals surface area contributed by atoms with E-state index in [1.807, 2.05) is 47.7 Å². The van der Waals surface area contributed by atoms with Crippen LogP contribution in [-0.4, -0.2) is 58.2 Å². The maximum absolute atomic E-state index is 13.7. The molecule has 2 atom stereocenters. The van der Waals surface area contributed by atoms with E-state index >= 15 is 0 Å². The van der Waals surface area contributed by atoms with Gasteiger partial charge in [-0.05, 0) is 69.7 Å². The standard InChI is InChI=1S/C26H34N6O2/c1-16-12-23(34-4)17(2)11-20(16)26(33)31-9-6-5-7-22(31)21-13-24-28-25(18(3)14-32(24)29-21)30-10-8-19(27)15-30/h11-14,19,22H,5-10,15,27H2,1-4H3/t19-,22?/m0/s1. The van der Waals surface area contributed by atoms with Crippen molar-refractivity contribution in [1.29, 1.82) is 0 Å². The number of amides is 1. The topological polar surface area (TPSA) is 89.0 Å². The summed E-state index contributed by atoms with van der Waals surface area (Å²) in [5.74, 6) is 1.84. The molecular formula is C26H34N6O2. The van der Waals surface area contributed by atoms with Gasteiger partial charge < -0.3 is 20.3 Å². The molecule has 8 nitrogen and oxygen atoms in total. The summed E-state index contributed by atoms with van der Waals surface area (Å²) in [5, 5.41) is 4.87. The number of nitrogens with two attached hydrogens (primary N) is 1. The summed E-state index contributed by atoms with van der Waals surface area (Å²) in [6, 6.07) is 6.08. The Morgan fingerprint density at radius 2 is 1.88 bits per heavy atom. The summed E-state index contributed by atoms with van der Waals surface area (Å²) in [6.45, 7) is 8.50. The number of aryl methyl sites for hydroxylation is 3. The van der Waals surface area contributed by atoms with Crippen molar-refractivity contribution in [3.8, 4) is 5.75 Å². The summed E-state index contributed by atoms with van der Waals surface area (Å²) in [4.78, 5) is 22.9. The van der Waals surface area contributed by atoms with Gasteiger partial charge in [-0.3, -0.25) is 4.79 Å². The average molecular weight is 463 g/mol. The molecule has 2 N–H and O–H groups in total. The molecule has 34 heavy (non-hydrogen) atoms. The van der Waals surface area contributed by atoms with Gasteiger partial charge in [-0.25, -0.2) is 9.50 Å². The van der Waals surface area contributed by atoms with E-state index in [2.05, 4.69) is 11.8 Å². The Balaban J connectivity index is 1.47. The van der Waals surface area contributed by atoms with Crippen LogP contribution in [0.4, 0.5) is 5.82 Å². The van der Waals surface area contributed by atoms with Crippen molar-refractivity contribution in [2.45, 2.75) is 58.5 Å². The van der Waals surface area contributed by atoms with Crippen LogP contribution >= 0.6 is 0 Å². The van der Waals surface area contributed by atoms with Crippen LogP contribution in [0.2, 0.25) is 0 Å². The van der Waals surface area contributed by atoms with E-state index in [4.69, 9.17) is 20.6 Å². The molecule has 1 aromatic carbocycles.